The number of Topliss-reactive ketones (excluding diaryl/α,β-unsaturated/α-hetero) is 1. The van der Waals surface area contributed by atoms with Gasteiger partial charge in [0.2, 0.25) is 5.78 Å². The van der Waals surface area contributed by atoms with Crippen LogP contribution < -0.4 is 0 Å². The molecule has 0 bridgehead atoms. The van der Waals surface area contributed by atoms with E-state index in [9.17, 15) is 19.2 Å². The van der Waals surface area contributed by atoms with Gasteiger partial charge in [-0.3, -0.25) is 4.79 Å². The summed E-state index contributed by atoms with van der Waals surface area (Å²) in [6.45, 7) is 0. The zero-order chi connectivity index (χ0) is 16.0. The summed E-state index contributed by atoms with van der Waals surface area (Å²) in [6.07, 6.45) is 0. The lowest BCUT2D eigenvalue weighted by Gasteiger charge is -2.08. The molecule has 0 fully saturated rings. The molecule has 0 heterocycles. The number of aliphatic carboxylic acids is 1. The number of carbonyl (C=O) groups excluding carboxylic acids is 3. The van der Waals surface area contributed by atoms with Crippen molar-refractivity contribution in [3.8, 4) is 0 Å². The molecule has 0 radical (unpaired) electrons. The molecule has 21 heavy (non-hydrogen) atoms. The van der Waals surface area contributed by atoms with Crippen LogP contribution in [-0.2, 0) is 23.9 Å². The van der Waals surface area contributed by atoms with Gasteiger partial charge in [0, 0.05) is 5.56 Å². The van der Waals surface area contributed by atoms with Crippen molar-refractivity contribution in [3.63, 3.8) is 0 Å². The highest BCUT2D eigenvalue weighted by Gasteiger charge is 2.33. The van der Waals surface area contributed by atoms with Crippen molar-refractivity contribution in [1.82, 2.24) is 0 Å². The molecule has 7 nitrogen and oxygen atoms in total. The summed E-state index contributed by atoms with van der Waals surface area (Å²) in [4.78, 5) is 46.7. The third-order valence-corrected chi connectivity index (χ3v) is 2.51. The van der Waals surface area contributed by atoms with Gasteiger partial charge in [-0.2, -0.15) is 0 Å². The first kappa shape index (κ1) is 16.1. The summed E-state index contributed by atoms with van der Waals surface area (Å²) < 4.78 is 8.69. The van der Waals surface area contributed by atoms with Gasteiger partial charge in [0.15, 0.2) is 5.57 Å². The Hall–Kier alpha value is -2.96. The van der Waals surface area contributed by atoms with E-state index in [1.165, 1.54) is 24.3 Å². The minimum absolute atomic E-state index is 0.0422. The van der Waals surface area contributed by atoms with Crippen molar-refractivity contribution in [1.29, 1.82) is 0 Å². The number of carboxylic acid groups (broad SMARTS) is 1. The zero-order valence-electron chi connectivity index (χ0n) is 11.3. The average Bonchev–Trinajstić information content (AvgIpc) is 2.50. The summed E-state index contributed by atoms with van der Waals surface area (Å²) in [5, 5.41) is 9.07. The lowest BCUT2D eigenvalue weighted by molar-refractivity contribution is -0.144. The Labute approximate surface area is 119 Å². The van der Waals surface area contributed by atoms with Crippen LogP contribution in [0.3, 0.4) is 0 Å². The fraction of sp³-hybridized carbons (Fsp3) is 0.143. The molecule has 0 amide bonds. The fourth-order valence-corrected chi connectivity index (χ4v) is 1.54. The monoisotopic (exact) mass is 292 g/mol. The van der Waals surface area contributed by atoms with Crippen LogP contribution in [0.4, 0.5) is 0 Å². The first-order valence-electron chi connectivity index (χ1n) is 5.68. The largest absolute Gasteiger partial charge is 0.477 e. The Bertz CT molecular complexity index is 613. The minimum Gasteiger partial charge on any atom is -0.477 e. The van der Waals surface area contributed by atoms with E-state index in [-0.39, 0.29) is 5.56 Å². The second-order valence-corrected chi connectivity index (χ2v) is 3.73. The van der Waals surface area contributed by atoms with E-state index in [2.05, 4.69) is 9.47 Å². The molecule has 0 saturated carbocycles. The first-order chi connectivity index (χ1) is 9.93. The minimum atomic E-state index is -1.76. The smallest absolute Gasteiger partial charge is 0.346 e. The van der Waals surface area contributed by atoms with Crippen LogP contribution in [0, 0.1) is 0 Å². The summed E-state index contributed by atoms with van der Waals surface area (Å²) in [5.74, 6) is -5.24. The highest BCUT2D eigenvalue weighted by Crippen LogP contribution is 2.16. The molecule has 0 saturated heterocycles. The van der Waals surface area contributed by atoms with Crippen LogP contribution >= 0.6 is 0 Å². The standard InChI is InChI=1S/C14H12O7/c1-20-13(18)9(10(12(16)17)14(19)21-2)11(15)8-6-4-3-5-7-8/h3-7H,1-2H3,(H,16,17)/b10-9-. The highest BCUT2D eigenvalue weighted by atomic mass is 16.5. The maximum absolute atomic E-state index is 12.3. The van der Waals surface area contributed by atoms with E-state index in [1.54, 1.807) is 6.07 Å². The Balaban J connectivity index is 3.54. The molecule has 0 atom stereocenters. The number of esters is 2. The van der Waals surface area contributed by atoms with Gasteiger partial charge < -0.3 is 14.6 Å². The molecule has 110 valence electrons. The Morgan fingerprint density at radius 1 is 0.857 bits per heavy atom. The van der Waals surface area contributed by atoms with E-state index < -0.39 is 34.8 Å². The van der Waals surface area contributed by atoms with Crippen molar-refractivity contribution in [2.75, 3.05) is 14.2 Å². The number of methoxy groups -OCH3 is 2. The predicted octanol–water partition coefficient (Wildman–Crippen LogP) is 0.596. The van der Waals surface area contributed by atoms with Crippen LogP contribution in [0.15, 0.2) is 41.5 Å². The van der Waals surface area contributed by atoms with Crippen LogP contribution in [0.5, 0.6) is 0 Å². The molecule has 7 heteroatoms. The molecule has 1 aromatic carbocycles. The summed E-state index contributed by atoms with van der Waals surface area (Å²) in [7, 11) is 1.91. The highest BCUT2D eigenvalue weighted by molar-refractivity contribution is 6.32. The van der Waals surface area contributed by atoms with Gasteiger partial charge >= 0.3 is 17.9 Å². The van der Waals surface area contributed by atoms with E-state index in [1.807, 2.05) is 0 Å². The Kier molecular flexibility index (Phi) is 5.36. The zero-order valence-corrected chi connectivity index (χ0v) is 11.3. The molecule has 0 spiro atoms. The second-order valence-electron chi connectivity index (χ2n) is 3.73. The van der Waals surface area contributed by atoms with Crippen molar-refractivity contribution in [3.05, 3.63) is 47.0 Å². The number of hydrogen-bond acceptors (Lipinski definition) is 6. The lowest BCUT2D eigenvalue weighted by Crippen LogP contribution is -2.25. The molecule has 0 unspecified atom stereocenters. The normalized spacial score (nSPS) is 11.1. The first-order valence-corrected chi connectivity index (χ1v) is 5.68. The van der Waals surface area contributed by atoms with Gasteiger partial charge in [0.1, 0.15) is 5.57 Å². The number of benzene rings is 1. The topological polar surface area (TPSA) is 107 Å². The maximum Gasteiger partial charge on any atom is 0.346 e. The van der Waals surface area contributed by atoms with Crippen LogP contribution in [-0.4, -0.2) is 43.0 Å². The summed E-state index contributed by atoms with van der Waals surface area (Å²) in [5.41, 5.74) is -1.91. The van der Waals surface area contributed by atoms with Crippen LogP contribution in [0.25, 0.3) is 0 Å². The van der Waals surface area contributed by atoms with Gasteiger partial charge in [-0.05, 0) is 0 Å². The maximum atomic E-state index is 12.3. The van der Waals surface area contributed by atoms with Crippen molar-refractivity contribution in [2.45, 2.75) is 0 Å². The number of rotatable bonds is 5. The molecular weight excluding hydrogens is 280 g/mol. The van der Waals surface area contributed by atoms with E-state index in [4.69, 9.17) is 5.11 Å². The van der Waals surface area contributed by atoms with Crippen molar-refractivity contribution < 1.29 is 33.8 Å². The molecule has 0 aromatic heterocycles. The number of ether oxygens (including phenoxy) is 2. The van der Waals surface area contributed by atoms with E-state index in [0.29, 0.717) is 0 Å². The molecule has 0 aliphatic carbocycles. The van der Waals surface area contributed by atoms with Gasteiger partial charge in [0.25, 0.3) is 0 Å². The molecule has 1 N–H and O–H groups in total. The molecule has 1 rings (SSSR count). The summed E-state index contributed by atoms with van der Waals surface area (Å²) >= 11 is 0. The summed E-state index contributed by atoms with van der Waals surface area (Å²) in [6, 6.07) is 7.45. The Morgan fingerprint density at radius 3 is 1.76 bits per heavy atom. The number of ketones is 1. The molecule has 0 aliphatic heterocycles. The van der Waals surface area contributed by atoms with Crippen LogP contribution in [0.1, 0.15) is 10.4 Å². The molecule has 0 aliphatic rings. The SMILES string of the molecule is COC(=O)/C(C(=O)O)=C(\C(=O)OC)C(=O)c1ccccc1. The predicted molar refractivity (Wildman–Crippen MR) is 69.5 cm³/mol. The van der Waals surface area contributed by atoms with Crippen molar-refractivity contribution >= 4 is 23.7 Å². The number of carboxylic acids is 1. The van der Waals surface area contributed by atoms with E-state index >= 15 is 0 Å². The van der Waals surface area contributed by atoms with Crippen LogP contribution in [0.2, 0.25) is 0 Å². The third-order valence-electron chi connectivity index (χ3n) is 2.51. The number of carbonyl (C=O) groups is 4. The quantitative estimate of drug-likeness (QED) is 0.278. The second kappa shape index (κ2) is 6.99. The van der Waals surface area contributed by atoms with Crippen molar-refractivity contribution in [2.24, 2.45) is 0 Å². The third kappa shape index (κ3) is 3.53. The number of hydrogen-bond donors (Lipinski definition) is 1. The lowest BCUT2D eigenvalue weighted by atomic mass is 9.98. The molecule has 1 aromatic rings. The van der Waals surface area contributed by atoms with Gasteiger partial charge in [-0.1, -0.05) is 30.3 Å². The van der Waals surface area contributed by atoms with Gasteiger partial charge in [0.05, 0.1) is 14.2 Å². The molecular formula is C14H12O7. The van der Waals surface area contributed by atoms with Gasteiger partial charge in [-0.15, -0.1) is 0 Å². The van der Waals surface area contributed by atoms with E-state index in [0.717, 1.165) is 14.2 Å². The average molecular weight is 292 g/mol. The fourth-order valence-electron chi connectivity index (χ4n) is 1.54. The van der Waals surface area contributed by atoms with Gasteiger partial charge in [-0.25, -0.2) is 14.4 Å². The Morgan fingerprint density at radius 2 is 1.33 bits per heavy atom.